The summed E-state index contributed by atoms with van der Waals surface area (Å²) in [5.41, 5.74) is 3.63. The quantitative estimate of drug-likeness (QED) is 0.0215. The molecule has 2 aliphatic heterocycles. The van der Waals surface area contributed by atoms with Crippen molar-refractivity contribution in [3.8, 4) is 11.5 Å². The number of amides is 8. The number of rotatable bonds is 28. The molecule has 2 heterocycles. The first-order valence-corrected chi connectivity index (χ1v) is 41.7. The number of hydrogen-bond acceptors (Lipinski definition) is 21. The molecule has 2 aliphatic rings. The number of benzene rings is 6. The third-order valence-corrected chi connectivity index (χ3v) is 20.1. The second-order valence-electron chi connectivity index (χ2n) is 30.3. The molecule has 29 nitrogen and oxygen atoms in total. The lowest BCUT2D eigenvalue weighted by Gasteiger charge is -2.31. The summed E-state index contributed by atoms with van der Waals surface area (Å²) in [4.78, 5) is 139. The third kappa shape index (κ3) is 33.1. The number of alkyl carbamates (subject to hydrolysis) is 1. The molecule has 6 aromatic carbocycles. The van der Waals surface area contributed by atoms with Crippen LogP contribution in [0.15, 0.2) is 133 Å². The van der Waals surface area contributed by atoms with Crippen molar-refractivity contribution in [1.82, 2.24) is 62.1 Å². The summed E-state index contributed by atoms with van der Waals surface area (Å²) in [6.45, 7) is 19.8. The summed E-state index contributed by atoms with van der Waals surface area (Å²) < 4.78 is 46.9. The maximum Gasteiger partial charge on any atom is 0.407 e. The number of Topliss-reactive ketones (excluding diaryl/α,β-unsaturated/α-hetero) is 1. The average Bonchev–Trinajstić information content (AvgIpc) is 0.915. The molecule has 10 bridgehead atoms. The topological polar surface area (TPSA) is 337 Å². The van der Waals surface area contributed by atoms with Gasteiger partial charge < -0.3 is 85.3 Å². The van der Waals surface area contributed by atoms with E-state index in [9.17, 15) is 38.4 Å². The highest BCUT2D eigenvalue weighted by Crippen LogP contribution is 2.29. The highest BCUT2D eigenvalue weighted by Gasteiger charge is 2.28. The molecular formula is C90H124N12O17. The molecule has 646 valence electrons. The fourth-order valence-electron chi connectivity index (χ4n) is 13.7. The van der Waals surface area contributed by atoms with Crippen LogP contribution in [-0.4, -0.2) is 275 Å². The van der Waals surface area contributed by atoms with E-state index in [-0.39, 0.29) is 131 Å². The Morgan fingerprint density at radius 1 is 0.429 bits per heavy atom. The maximum absolute atomic E-state index is 15.5. The number of methoxy groups -OCH3 is 1. The minimum absolute atomic E-state index is 0.00967. The van der Waals surface area contributed by atoms with Gasteiger partial charge in [-0.05, 0) is 138 Å². The molecule has 0 spiro atoms. The number of nitrogens with one attached hydrogen (secondary N) is 8. The van der Waals surface area contributed by atoms with Crippen molar-refractivity contribution in [2.24, 2.45) is 0 Å². The van der Waals surface area contributed by atoms with E-state index in [0.717, 1.165) is 17.5 Å². The van der Waals surface area contributed by atoms with Gasteiger partial charge in [-0.3, -0.25) is 53.1 Å². The lowest BCUT2D eigenvalue weighted by atomic mass is 9.96. The molecule has 3 unspecified atom stereocenters. The van der Waals surface area contributed by atoms with Crippen molar-refractivity contribution in [2.75, 3.05) is 191 Å². The predicted molar refractivity (Wildman–Crippen MR) is 455 cm³/mol. The van der Waals surface area contributed by atoms with Crippen molar-refractivity contribution in [3.63, 3.8) is 0 Å². The van der Waals surface area contributed by atoms with Gasteiger partial charge in [0.15, 0.2) is 5.78 Å². The SMILES string of the molecule is CCCOCCOCCN1CCNC(=O)c2cccc(c2C)C(=O)CCCN2CCN(CCNC(=O)c3cccc(c3C)C(=O)NCCN(CCOCCOCCOC)CCNC(=O)c3cccc(c3OCc3ccccc3)C(=O)NC(CCCCNC(=O)OC(C)(C)C)C2)CCNC(=O)c2cccc(c2OCc2ccccc2)C(=O)NCC1. The number of carbonyl (C=O) groups is 9. The van der Waals surface area contributed by atoms with Crippen LogP contribution in [-0.2, 0) is 41.6 Å². The van der Waals surface area contributed by atoms with Crippen molar-refractivity contribution < 1.29 is 81.0 Å². The third-order valence-electron chi connectivity index (χ3n) is 20.1. The number of ketones is 1. The molecule has 0 radical (unpaired) electrons. The van der Waals surface area contributed by atoms with E-state index in [0.29, 0.717) is 177 Å². The van der Waals surface area contributed by atoms with Crippen LogP contribution in [0.4, 0.5) is 4.79 Å². The van der Waals surface area contributed by atoms with Gasteiger partial charge >= 0.3 is 6.09 Å². The monoisotopic (exact) mass is 1640 g/mol. The zero-order valence-corrected chi connectivity index (χ0v) is 70.5. The van der Waals surface area contributed by atoms with Gasteiger partial charge in [-0.2, -0.15) is 0 Å². The van der Waals surface area contributed by atoms with Crippen LogP contribution in [0, 0.1) is 13.8 Å². The Labute approximate surface area is 700 Å². The van der Waals surface area contributed by atoms with E-state index in [1.165, 1.54) is 0 Å². The van der Waals surface area contributed by atoms with Gasteiger partial charge in [0.1, 0.15) is 30.3 Å². The van der Waals surface area contributed by atoms with E-state index in [1.807, 2.05) is 72.5 Å². The van der Waals surface area contributed by atoms with Gasteiger partial charge in [0, 0.05) is 166 Å². The van der Waals surface area contributed by atoms with E-state index in [1.54, 1.807) is 115 Å². The van der Waals surface area contributed by atoms with Gasteiger partial charge in [-0.1, -0.05) is 97.9 Å². The van der Waals surface area contributed by atoms with Crippen LogP contribution < -0.4 is 52.0 Å². The second-order valence-corrected chi connectivity index (χ2v) is 30.3. The number of nitrogens with zero attached hydrogens (tertiary/aromatic N) is 4. The molecular weight excluding hydrogens is 1520 g/mol. The van der Waals surface area contributed by atoms with Gasteiger partial charge in [0.05, 0.1) is 75.1 Å². The number of unbranched alkanes of at least 4 members (excludes halogenated alkanes) is 1. The minimum atomic E-state index is -0.731. The van der Waals surface area contributed by atoms with Gasteiger partial charge in [-0.15, -0.1) is 0 Å². The van der Waals surface area contributed by atoms with Crippen molar-refractivity contribution in [2.45, 2.75) is 105 Å². The zero-order valence-electron chi connectivity index (χ0n) is 70.5. The molecule has 8 N–H and O–H groups in total. The minimum Gasteiger partial charge on any atom is -0.487 e. The summed E-state index contributed by atoms with van der Waals surface area (Å²) in [5.74, 6) is -3.26. The van der Waals surface area contributed by atoms with Crippen LogP contribution in [0.5, 0.6) is 11.5 Å². The largest absolute Gasteiger partial charge is 0.487 e. The van der Waals surface area contributed by atoms with Gasteiger partial charge in [-0.25, -0.2) is 4.79 Å². The fourth-order valence-corrected chi connectivity index (χ4v) is 13.7. The van der Waals surface area contributed by atoms with Gasteiger partial charge in [0.2, 0.25) is 0 Å². The van der Waals surface area contributed by atoms with Crippen molar-refractivity contribution in [3.05, 3.63) is 200 Å². The molecule has 0 saturated heterocycles. The Morgan fingerprint density at radius 3 is 1.26 bits per heavy atom. The molecule has 8 rings (SSSR count). The number of carbonyl (C=O) groups excluding carboxylic acids is 9. The smallest absolute Gasteiger partial charge is 0.407 e. The fraction of sp³-hybridized carbons (Fsp3) is 0.500. The van der Waals surface area contributed by atoms with Crippen molar-refractivity contribution in [1.29, 1.82) is 0 Å². The Morgan fingerprint density at radius 2 is 0.815 bits per heavy atom. The van der Waals surface area contributed by atoms with Crippen LogP contribution in [0.25, 0.3) is 0 Å². The molecule has 6 aromatic rings. The van der Waals surface area contributed by atoms with Gasteiger partial charge in [0.25, 0.3) is 41.4 Å². The Hall–Kier alpha value is -10.2. The van der Waals surface area contributed by atoms with E-state index >= 15 is 4.79 Å². The van der Waals surface area contributed by atoms with Crippen LogP contribution in [0.2, 0.25) is 0 Å². The van der Waals surface area contributed by atoms with Crippen LogP contribution in [0.3, 0.4) is 0 Å². The van der Waals surface area contributed by atoms with Crippen LogP contribution >= 0.6 is 0 Å². The number of para-hydroxylation sites is 2. The first-order valence-electron chi connectivity index (χ1n) is 41.7. The molecule has 119 heavy (non-hydrogen) atoms. The van der Waals surface area contributed by atoms with Crippen molar-refractivity contribution >= 4 is 53.2 Å². The maximum atomic E-state index is 15.5. The summed E-state index contributed by atoms with van der Waals surface area (Å²) >= 11 is 0. The molecule has 0 aliphatic carbocycles. The lowest BCUT2D eigenvalue weighted by molar-refractivity contribution is 0.0196. The summed E-state index contributed by atoms with van der Waals surface area (Å²) in [5, 5.41) is 24.6. The second kappa shape index (κ2) is 52.0. The Bertz CT molecular complexity index is 4190. The zero-order chi connectivity index (χ0) is 85.0. The lowest BCUT2D eigenvalue weighted by Crippen LogP contribution is -2.47. The average molecular weight is 1650 g/mol. The Balaban J connectivity index is 1.17. The summed E-state index contributed by atoms with van der Waals surface area (Å²) in [7, 11) is 1.60. The highest BCUT2D eigenvalue weighted by atomic mass is 16.6. The first kappa shape index (κ1) is 94.3. The Kier molecular flexibility index (Phi) is 41.2. The highest BCUT2D eigenvalue weighted by molar-refractivity contribution is 6.06. The molecule has 0 fully saturated rings. The first-order chi connectivity index (χ1) is 57.7. The number of fused-ring (bicyclic) bond motifs is 11. The van der Waals surface area contributed by atoms with Crippen LogP contribution in [0.1, 0.15) is 171 Å². The summed E-state index contributed by atoms with van der Waals surface area (Å²) in [6.07, 6.45) is 2.12. The predicted octanol–water partition coefficient (Wildman–Crippen LogP) is 8.06. The molecule has 8 amide bonds. The number of hydrogen-bond donors (Lipinski definition) is 8. The molecule has 0 saturated carbocycles. The molecule has 29 heteroatoms. The number of ether oxygens (including phenoxy) is 8. The normalized spacial score (nSPS) is 17.7. The van der Waals surface area contributed by atoms with E-state index < -0.39 is 53.2 Å². The standard InChI is InChI=1S/C90H124N12O17/c1-8-54-113-59-60-114-55-52-100-46-39-92-82(104)72-28-17-27-71(66(72)2)79(103)35-21-43-102-51-50-99(45-38-94-85(107)75-31-19-32-76(86(108)95-41-48-100)80(75)117-64-68-22-11-9-12-23-68)44-37-91-83(105)73-29-18-30-74(67(73)3)84(106)93-40-47-101(53-56-115-61-62-116-58-57-112-7)49-42-96-87(109)77-33-20-34-78(81(77)118-65-69-24-13-10-14-25-69)88(110)98-70(63-102)26-15-16-36-97-89(111)119-90(4,5)6/h9-14,17-20,22-25,27-34,70H,8,15-16,21,26,35-65H2,1-7H3,(H,91,105)(H,92,104)(H,93,106)(H,94,107)(H,95,108)(H,96,109)(H,97,111)(H,98,110). The van der Waals surface area contributed by atoms with E-state index in [4.69, 9.17) is 37.9 Å². The molecule has 0 aromatic heterocycles. The summed E-state index contributed by atoms with van der Waals surface area (Å²) in [6, 6.07) is 38.0. The molecule has 3 atom stereocenters. The van der Waals surface area contributed by atoms with E-state index in [2.05, 4.69) is 57.2 Å².